The second-order valence-electron chi connectivity index (χ2n) is 9.09. The molecule has 3 heterocycles. The summed E-state index contributed by atoms with van der Waals surface area (Å²) >= 11 is 0. The van der Waals surface area contributed by atoms with Gasteiger partial charge >= 0.3 is 0 Å². The lowest BCUT2D eigenvalue weighted by molar-refractivity contribution is -0.117. The average Bonchev–Trinajstić information content (AvgIpc) is 3.37. The van der Waals surface area contributed by atoms with Gasteiger partial charge in [-0.05, 0) is 54.9 Å². The van der Waals surface area contributed by atoms with Gasteiger partial charge in [0.1, 0.15) is 6.10 Å². The smallest absolute Gasteiger partial charge is 0.231 e. The van der Waals surface area contributed by atoms with Gasteiger partial charge in [0.2, 0.25) is 17.7 Å². The largest absolute Gasteiger partial charge is 0.471 e. The number of carbonyl (C=O) groups is 1. The van der Waals surface area contributed by atoms with Gasteiger partial charge in [-0.2, -0.15) is 4.98 Å². The van der Waals surface area contributed by atoms with Gasteiger partial charge in [0.15, 0.2) is 0 Å². The lowest BCUT2D eigenvalue weighted by Gasteiger charge is -2.27. The van der Waals surface area contributed by atoms with Crippen LogP contribution in [0.25, 0.3) is 11.1 Å². The molecule has 0 unspecified atom stereocenters. The van der Waals surface area contributed by atoms with Crippen LogP contribution in [0.15, 0.2) is 24.4 Å². The Balaban J connectivity index is 1.43. The number of hydrogen-bond donors (Lipinski definition) is 1. The van der Waals surface area contributed by atoms with Gasteiger partial charge in [-0.1, -0.05) is 13.0 Å². The minimum atomic E-state index is -0.000770. The summed E-state index contributed by atoms with van der Waals surface area (Å²) in [7, 11) is 1.82. The molecule has 2 aromatic rings. The third kappa shape index (κ3) is 4.24. The van der Waals surface area contributed by atoms with Crippen molar-refractivity contribution < 1.29 is 14.3 Å². The summed E-state index contributed by atoms with van der Waals surface area (Å²) in [4.78, 5) is 23.2. The van der Waals surface area contributed by atoms with Gasteiger partial charge in [0.25, 0.3) is 0 Å². The van der Waals surface area contributed by atoms with Crippen molar-refractivity contribution in [2.75, 3.05) is 30.5 Å². The third-order valence-electron chi connectivity index (χ3n) is 6.74. The Morgan fingerprint density at radius 2 is 2.03 bits per heavy atom. The summed E-state index contributed by atoms with van der Waals surface area (Å²) in [5, 5.41) is 3.51. The Bertz CT molecular complexity index is 965. The number of rotatable bonds is 5. The van der Waals surface area contributed by atoms with E-state index >= 15 is 0 Å². The molecular formula is C24H30N4O3. The van der Waals surface area contributed by atoms with Gasteiger partial charge in [-0.25, -0.2) is 4.98 Å². The Labute approximate surface area is 183 Å². The van der Waals surface area contributed by atoms with Crippen LogP contribution in [0.3, 0.4) is 0 Å². The lowest BCUT2D eigenvalue weighted by atomic mass is 9.87. The van der Waals surface area contributed by atoms with E-state index in [1.807, 2.05) is 25.4 Å². The molecule has 1 saturated heterocycles. The second kappa shape index (κ2) is 8.46. The number of nitrogens with one attached hydrogen (secondary N) is 1. The fourth-order valence-corrected chi connectivity index (χ4v) is 4.71. The highest BCUT2D eigenvalue weighted by Gasteiger charge is 2.26. The summed E-state index contributed by atoms with van der Waals surface area (Å²) in [6.07, 6.45) is 7.88. The van der Waals surface area contributed by atoms with Crippen LogP contribution >= 0.6 is 0 Å². The Morgan fingerprint density at radius 3 is 2.81 bits per heavy atom. The van der Waals surface area contributed by atoms with E-state index in [9.17, 15) is 4.79 Å². The van der Waals surface area contributed by atoms with E-state index in [1.165, 1.54) is 12.8 Å². The van der Waals surface area contributed by atoms with Crippen molar-refractivity contribution in [3.63, 3.8) is 0 Å². The predicted octanol–water partition coefficient (Wildman–Crippen LogP) is 3.82. The maximum atomic E-state index is 12.1. The molecule has 1 aromatic carbocycles. The standard InChI is InChI=1S/C24H30N4O3/c1-15-3-6-18(7-4-15)26-24-25-13-20(23(27-24)31-19-9-10-30-14-19)16-5-8-21-17(11-16)12-22(29)28(21)2/h5,8,11,13,15,18-19H,3-4,6-7,9-10,12,14H2,1-2H3,(H,25,26,27)/t15-,18-,19-/m1/s1. The van der Waals surface area contributed by atoms with E-state index in [0.717, 1.165) is 47.6 Å². The molecule has 2 fully saturated rings. The monoisotopic (exact) mass is 422 g/mol. The first-order chi connectivity index (χ1) is 15.1. The highest BCUT2D eigenvalue weighted by Crippen LogP contribution is 2.36. The molecule has 7 nitrogen and oxygen atoms in total. The number of benzene rings is 1. The van der Waals surface area contributed by atoms with E-state index in [1.54, 1.807) is 4.90 Å². The number of aromatic nitrogens is 2. The fourth-order valence-electron chi connectivity index (χ4n) is 4.71. The van der Waals surface area contributed by atoms with E-state index in [2.05, 4.69) is 23.3 Å². The van der Waals surface area contributed by atoms with E-state index in [4.69, 9.17) is 14.5 Å². The zero-order valence-electron chi connectivity index (χ0n) is 18.3. The number of amides is 1. The zero-order valence-corrected chi connectivity index (χ0v) is 18.3. The van der Waals surface area contributed by atoms with Crippen LogP contribution < -0.4 is 15.0 Å². The average molecular weight is 423 g/mol. The van der Waals surface area contributed by atoms with Crippen molar-refractivity contribution in [1.29, 1.82) is 0 Å². The predicted molar refractivity (Wildman–Crippen MR) is 119 cm³/mol. The van der Waals surface area contributed by atoms with Gasteiger partial charge in [0.05, 0.1) is 25.2 Å². The van der Waals surface area contributed by atoms with Gasteiger partial charge in [-0.15, -0.1) is 0 Å². The van der Waals surface area contributed by atoms with Crippen molar-refractivity contribution in [3.8, 4) is 17.0 Å². The van der Waals surface area contributed by atoms with Crippen LogP contribution in [0, 0.1) is 5.92 Å². The third-order valence-corrected chi connectivity index (χ3v) is 6.74. The molecule has 1 saturated carbocycles. The number of likely N-dealkylation sites (N-methyl/N-ethyl adjacent to an activating group) is 1. The summed E-state index contributed by atoms with van der Waals surface area (Å²) in [6, 6.07) is 6.47. The van der Waals surface area contributed by atoms with E-state index < -0.39 is 0 Å². The fraction of sp³-hybridized carbons (Fsp3) is 0.542. The van der Waals surface area contributed by atoms with Crippen LogP contribution in [0.1, 0.15) is 44.6 Å². The van der Waals surface area contributed by atoms with Crippen molar-refractivity contribution in [2.24, 2.45) is 5.92 Å². The van der Waals surface area contributed by atoms with Gasteiger partial charge < -0.3 is 19.7 Å². The van der Waals surface area contributed by atoms with E-state index in [-0.39, 0.29) is 12.0 Å². The van der Waals surface area contributed by atoms with E-state index in [0.29, 0.717) is 37.5 Å². The Hall–Kier alpha value is -2.67. The molecule has 1 amide bonds. The minimum absolute atomic E-state index is 0.000770. The molecule has 1 atom stereocenters. The minimum Gasteiger partial charge on any atom is -0.471 e. The molecule has 1 aliphatic carbocycles. The van der Waals surface area contributed by atoms with Crippen molar-refractivity contribution in [1.82, 2.24) is 9.97 Å². The first kappa shape index (κ1) is 20.2. The Morgan fingerprint density at radius 1 is 1.19 bits per heavy atom. The van der Waals surface area contributed by atoms with Crippen LogP contribution in [0.4, 0.5) is 11.6 Å². The number of carbonyl (C=O) groups excluding carboxylic acids is 1. The molecule has 7 heteroatoms. The summed E-state index contributed by atoms with van der Waals surface area (Å²) < 4.78 is 11.8. The normalized spacial score (nSPS) is 25.5. The number of nitrogens with zero attached hydrogens (tertiary/aromatic N) is 3. The summed E-state index contributed by atoms with van der Waals surface area (Å²) in [5.41, 5.74) is 3.80. The van der Waals surface area contributed by atoms with Crippen LogP contribution in [-0.2, 0) is 16.0 Å². The molecule has 2 aliphatic heterocycles. The lowest BCUT2D eigenvalue weighted by Crippen LogP contribution is -2.26. The molecule has 164 valence electrons. The zero-order chi connectivity index (χ0) is 21.4. The first-order valence-electron chi connectivity index (χ1n) is 11.3. The number of ether oxygens (including phenoxy) is 2. The molecule has 5 rings (SSSR count). The molecule has 1 aromatic heterocycles. The number of anilines is 2. The number of fused-ring (bicyclic) bond motifs is 1. The van der Waals surface area contributed by atoms with Gasteiger partial charge in [-0.3, -0.25) is 4.79 Å². The maximum absolute atomic E-state index is 12.1. The topological polar surface area (TPSA) is 76.6 Å². The molecule has 1 N–H and O–H groups in total. The quantitative estimate of drug-likeness (QED) is 0.789. The van der Waals surface area contributed by atoms with Crippen LogP contribution in [0.5, 0.6) is 5.88 Å². The molecule has 0 radical (unpaired) electrons. The summed E-state index contributed by atoms with van der Waals surface area (Å²) in [6.45, 7) is 3.61. The SMILES string of the molecule is CN1C(=O)Cc2cc(-c3cnc(N[C@H]4CC[C@H](C)CC4)nc3O[C@@H]3CCOC3)ccc21. The highest BCUT2D eigenvalue weighted by molar-refractivity contribution is 6.01. The molecule has 31 heavy (non-hydrogen) atoms. The number of hydrogen-bond acceptors (Lipinski definition) is 6. The molecule has 0 spiro atoms. The van der Waals surface area contributed by atoms with Gasteiger partial charge in [0, 0.05) is 31.4 Å². The van der Waals surface area contributed by atoms with Crippen molar-refractivity contribution in [3.05, 3.63) is 30.0 Å². The summed E-state index contributed by atoms with van der Waals surface area (Å²) in [5.74, 6) is 2.11. The van der Waals surface area contributed by atoms with Crippen LogP contribution in [0.2, 0.25) is 0 Å². The molecular weight excluding hydrogens is 392 g/mol. The second-order valence-corrected chi connectivity index (χ2v) is 9.09. The molecule has 0 bridgehead atoms. The Kier molecular flexibility index (Phi) is 5.52. The van der Waals surface area contributed by atoms with Crippen molar-refractivity contribution >= 4 is 17.5 Å². The first-order valence-corrected chi connectivity index (χ1v) is 11.3. The highest BCUT2D eigenvalue weighted by atomic mass is 16.5. The molecule has 3 aliphatic rings. The van der Waals surface area contributed by atoms with Crippen LogP contribution in [-0.4, -0.2) is 48.3 Å². The van der Waals surface area contributed by atoms with Crippen molar-refractivity contribution in [2.45, 2.75) is 57.6 Å². The maximum Gasteiger partial charge on any atom is 0.231 e.